The fourth-order valence-electron chi connectivity index (χ4n) is 1.28. The zero-order valence-corrected chi connectivity index (χ0v) is 11.1. The summed E-state index contributed by atoms with van der Waals surface area (Å²) in [6, 6.07) is 0. The third-order valence-electron chi connectivity index (χ3n) is 2.13. The lowest BCUT2D eigenvalue weighted by atomic mass is 10.1. The van der Waals surface area contributed by atoms with E-state index in [4.69, 9.17) is 10.5 Å². The van der Waals surface area contributed by atoms with E-state index in [-0.39, 0.29) is 18.4 Å². The molecule has 0 spiro atoms. The smallest absolute Gasteiger partial charge is 0.242 e. The predicted molar refractivity (Wildman–Crippen MR) is 65.4 cm³/mol. The van der Waals surface area contributed by atoms with Gasteiger partial charge in [-0.15, -0.1) is 0 Å². The SMILES string of the molecule is COCCCNC(=O)CN(C)C(=O)C(C)(C)N. The average Bonchev–Trinajstić information content (AvgIpc) is 2.22. The Balaban J connectivity index is 3.92. The number of ether oxygens (including phenoxy) is 1. The molecule has 0 aromatic rings. The number of amides is 2. The number of methoxy groups -OCH3 is 1. The van der Waals surface area contributed by atoms with Crippen LogP contribution in [-0.2, 0) is 14.3 Å². The fraction of sp³-hybridized carbons (Fsp3) is 0.818. The maximum atomic E-state index is 11.7. The molecule has 0 heterocycles. The summed E-state index contributed by atoms with van der Waals surface area (Å²) in [6.45, 7) is 4.39. The van der Waals surface area contributed by atoms with Crippen LogP contribution in [0, 0.1) is 0 Å². The lowest BCUT2D eigenvalue weighted by molar-refractivity contribution is -0.138. The maximum absolute atomic E-state index is 11.7. The van der Waals surface area contributed by atoms with Crippen LogP contribution < -0.4 is 11.1 Å². The second-order valence-electron chi connectivity index (χ2n) is 4.58. The summed E-state index contributed by atoms with van der Waals surface area (Å²) >= 11 is 0. The van der Waals surface area contributed by atoms with Gasteiger partial charge in [0, 0.05) is 27.3 Å². The van der Waals surface area contributed by atoms with Gasteiger partial charge in [0.25, 0.3) is 0 Å². The lowest BCUT2D eigenvalue weighted by Gasteiger charge is -2.25. The van der Waals surface area contributed by atoms with Crippen LogP contribution in [0.4, 0.5) is 0 Å². The highest BCUT2D eigenvalue weighted by Crippen LogP contribution is 2.01. The minimum absolute atomic E-state index is 0.0203. The molecule has 17 heavy (non-hydrogen) atoms. The second-order valence-corrected chi connectivity index (χ2v) is 4.58. The van der Waals surface area contributed by atoms with E-state index in [1.807, 2.05) is 0 Å². The molecule has 0 rings (SSSR count). The molecule has 0 atom stereocenters. The van der Waals surface area contributed by atoms with Gasteiger partial charge in [-0.25, -0.2) is 0 Å². The van der Waals surface area contributed by atoms with Gasteiger partial charge in [-0.05, 0) is 20.3 Å². The van der Waals surface area contributed by atoms with Crippen LogP contribution in [0.3, 0.4) is 0 Å². The molecule has 0 unspecified atom stereocenters. The zero-order valence-electron chi connectivity index (χ0n) is 11.1. The van der Waals surface area contributed by atoms with Gasteiger partial charge in [-0.1, -0.05) is 0 Å². The Morgan fingerprint density at radius 1 is 1.41 bits per heavy atom. The molecule has 6 heteroatoms. The summed E-state index contributed by atoms with van der Waals surface area (Å²) < 4.78 is 4.86. The molecule has 0 aliphatic rings. The van der Waals surface area contributed by atoms with Crippen molar-refractivity contribution in [1.82, 2.24) is 10.2 Å². The summed E-state index contributed by atoms with van der Waals surface area (Å²) in [5, 5.41) is 2.70. The van der Waals surface area contributed by atoms with Crippen molar-refractivity contribution in [3.63, 3.8) is 0 Å². The van der Waals surface area contributed by atoms with Gasteiger partial charge in [0.1, 0.15) is 0 Å². The first-order valence-corrected chi connectivity index (χ1v) is 5.59. The third-order valence-corrected chi connectivity index (χ3v) is 2.13. The summed E-state index contributed by atoms with van der Waals surface area (Å²) in [7, 11) is 3.17. The van der Waals surface area contributed by atoms with Gasteiger partial charge in [0.2, 0.25) is 11.8 Å². The molecule has 0 aromatic heterocycles. The molecule has 0 saturated heterocycles. The van der Waals surface area contributed by atoms with Crippen molar-refractivity contribution in [1.29, 1.82) is 0 Å². The topological polar surface area (TPSA) is 84.7 Å². The van der Waals surface area contributed by atoms with E-state index in [1.165, 1.54) is 4.90 Å². The van der Waals surface area contributed by atoms with Gasteiger partial charge >= 0.3 is 0 Å². The number of nitrogens with two attached hydrogens (primary N) is 1. The number of nitrogens with one attached hydrogen (secondary N) is 1. The summed E-state index contributed by atoms with van der Waals surface area (Å²) in [5.74, 6) is -0.453. The Labute approximate surface area is 102 Å². The van der Waals surface area contributed by atoms with Crippen molar-refractivity contribution < 1.29 is 14.3 Å². The van der Waals surface area contributed by atoms with E-state index in [0.29, 0.717) is 13.2 Å². The molecular formula is C11H23N3O3. The number of hydrogen-bond donors (Lipinski definition) is 2. The van der Waals surface area contributed by atoms with Crippen LogP contribution >= 0.6 is 0 Å². The van der Waals surface area contributed by atoms with Crippen LogP contribution in [0.25, 0.3) is 0 Å². The highest BCUT2D eigenvalue weighted by atomic mass is 16.5. The largest absolute Gasteiger partial charge is 0.385 e. The van der Waals surface area contributed by atoms with Gasteiger partial charge in [0.05, 0.1) is 12.1 Å². The molecule has 0 aliphatic heterocycles. The average molecular weight is 245 g/mol. The molecule has 0 bridgehead atoms. The molecule has 0 saturated carbocycles. The van der Waals surface area contributed by atoms with E-state index < -0.39 is 5.54 Å². The zero-order chi connectivity index (χ0) is 13.5. The van der Waals surface area contributed by atoms with Gasteiger partial charge in [-0.3, -0.25) is 9.59 Å². The van der Waals surface area contributed by atoms with Crippen molar-refractivity contribution in [3.8, 4) is 0 Å². The Hall–Kier alpha value is -1.14. The molecule has 0 fully saturated rings. The van der Waals surface area contributed by atoms with Crippen LogP contribution in [-0.4, -0.2) is 56.1 Å². The van der Waals surface area contributed by atoms with Gasteiger partial charge < -0.3 is 20.7 Å². The van der Waals surface area contributed by atoms with E-state index >= 15 is 0 Å². The van der Waals surface area contributed by atoms with E-state index in [9.17, 15) is 9.59 Å². The normalized spacial score (nSPS) is 11.1. The highest BCUT2D eigenvalue weighted by Gasteiger charge is 2.26. The van der Waals surface area contributed by atoms with Crippen molar-refractivity contribution in [2.75, 3.05) is 33.9 Å². The number of nitrogens with zero attached hydrogens (tertiary/aromatic N) is 1. The van der Waals surface area contributed by atoms with Crippen LogP contribution in [0.15, 0.2) is 0 Å². The molecule has 3 N–H and O–H groups in total. The van der Waals surface area contributed by atoms with Crippen molar-refractivity contribution >= 4 is 11.8 Å². The van der Waals surface area contributed by atoms with Crippen molar-refractivity contribution in [2.45, 2.75) is 25.8 Å². The molecule has 2 amide bonds. The number of hydrogen-bond acceptors (Lipinski definition) is 4. The van der Waals surface area contributed by atoms with Crippen molar-refractivity contribution in [3.05, 3.63) is 0 Å². The third kappa shape index (κ3) is 6.91. The number of carbonyl (C=O) groups excluding carboxylic acids is 2. The fourth-order valence-corrected chi connectivity index (χ4v) is 1.28. The highest BCUT2D eigenvalue weighted by molar-refractivity contribution is 5.89. The number of rotatable bonds is 7. The van der Waals surface area contributed by atoms with Gasteiger partial charge in [-0.2, -0.15) is 0 Å². The first-order chi connectivity index (χ1) is 7.79. The molecule has 0 radical (unpaired) electrons. The van der Waals surface area contributed by atoms with E-state index in [2.05, 4.69) is 5.32 Å². The van der Waals surface area contributed by atoms with Crippen LogP contribution in [0.2, 0.25) is 0 Å². The minimum Gasteiger partial charge on any atom is -0.385 e. The molecule has 100 valence electrons. The van der Waals surface area contributed by atoms with Gasteiger partial charge in [0.15, 0.2) is 0 Å². The van der Waals surface area contributed by atoms with E-state index in [1.54, 1.807) is 28.0 Å². The first kappa shape index (κ1) is 15.9. The van der Waals surface area contributed by atoms with Crippen molar-refractivity contribution in [2.24, 2.45) is 5.73 Å². The molecule has 0 aliphatic carbocycles. The van der Waals surface area contributed by atoms with Crippen LogP contribution in [0.1, 0.15) is 20.3 Å². The predicted octanol–water partition coefficient (Wildman–Crippen LogP) is -0.665. The second kappa shape index (κ2) is 7.24. The lowest BCUT2D eigenvalue weighted by Crippen LogP contribution is -2.52. The summed E-state index contributed by atoms with van der Waals surface area (Å²) in [6.07, 6.45) is 0.752. The Kier molecular flexibility index (Phi) is 6.75. The first-order valence-electron chi connectivity index (χ1n) is 5.59. The Morgan fingerprint density at radius 2 is 2.00 bits per heavy atom. The Morgan fingerprint density at radius 3 is 2.47 bits per heavy atom. The van der Waals surface area contributed by atoms with Crippen LogP contribution in [0.5, 0.6) is 0 Å². The standard InChI is InChI=1S/C11H23N3O3/c1-11(2,12)10(16)14(3)8-9(15)13-6-5-7-17-4/h5-8,12H2,1-4H3,(H,13,15). The molecule has 6 nitrogen and oxygen atoms in total. The molecule has 0 aromatic carbocycles. The molecular weight excluding hydrogens is 222 g/mol. The summed E-state index contributed by atoms with van der Waals surface area (Å²) in [4.78, 5) is 24.5. The number of carbonyl (C=O) groups is 2. The maximum Gasteiger partial charge on any atom is 0.242 e. The monoisotopic (exact) mass is 245 g/mol. The summed E-state index contributed by atoms with van der Waals surface area (Å²) in [5.41, 5.74) is 4.70. The minimum atomic E-state index is -0.953. The van der Waals surface area contributed by atoms with E-state index in [0.717, 1.165) is 6.42 Å². The Bertz CT molecular complexity index is 261. The quantitative estimate of drug-likeness (QED) is 0.583. The number of likely N-dealkylation sites (N-methyl/N-ethyl adjacent to an activating group) is 1.